The highest BCUT2D eigenvalue weighted by atomic mass is 16.1. The Morgan fingerprint density at radius 2 is 0.806 bits per heavy atom. The predicted octanol–water partition coefficient (Wildman–Crippen LogP) is 7.01. The number of rotatable bonds is 2. The number of benzene rings is 6. The molecule has 0 heterocycles. The summed E-state index contributed by atoms with van der Waals surface area (Å²) in [6.07, 6.45) is 1.67. The van der Waals surface area contributed by atoms with Gasteiger partial charge in [-0.05, 0) is 68.7 Å². The highest BCUT2D eigenvalue weighted by Gasteiger charge is 2.12. The average Bonchev–Trinajstić information content (AvgIpc) is 2.94. The summed E-state index contributed by atoms with van der Waals surface area (Å²) in [7, 11) is 0. The topological polar surface area (TPSA) is 34.1 Å². The summed E-state index contributed by atoms with van der Waals surface area (Å²) in [6, 6.07) is 31.5. The molecule has 2 heteroatoms. The molecular formula is C34H18O2. The molecule has 0 atom stereocenters. The van der Waals surface area contributed by atoms with Crippen molar-refractivity contribution in [1.82, 2.24) is 0 Å². The van der Waals surface area contributed by atoms with Crippen molar-refractivity contribution in [2.45, 2.75) is 0 Å². The molecule has 0 radical (unpaired) electrons. The van der Waals surface area contributed by atoms with Gasteiger partial charge in [0.15, 0.2) is 0 Å². The minimum absolute atomic E-state index is 0.639. The lowest BCUT2D eigenvalue weighted by Crippen LogP contribution is -1.89. The molecule has 0 aliphatic rings. The van der Waals surface area contributed by atoms with Gasteiger partial charge in [0.25, 0.3) is 0 Å². The molecule has 2 nitrogen and oxygen atoms in total. The van der Waals surface area contributed by atoms with E-state index in [0.717, 1.165) is 45.6 Å². The van der Waals surface area contributed by atoms with E-state index < -0.39 is 0 Å². The summed E-state index contributed by atoms with van der Waals surface area (Å²) in [5.74, 6) is 13.1. The second-order valence-electron chi connectivity index (χ2n) is 8.63. The quantitative estimate of drug-likeness (QED) is 0.159. The van der Waals surface area contributed by atoms with Crippen LogP contribution in [0.5, 0.6) is 0 Å². The Morgan fingerprint density at radius 3 is 1.19 bits per heavy atom. The summed E-state index contributed by atoms with van der Waals surface area (Å²) >= 11 is 0. The first-order valence-electron chi connectivity index (χ1n) is 11.6. The van der Waals surface area contributed by atoms with Gasteiger partial charge in [-0.25, -0.2) is 0 Å². The Kier molecular flexibility index (Phi) is 5.27. The Bertz CT molecular complexity index is 1760. The normalized spacial score (nSPS) is 10.6. The van der Waals surface area contributed by atoms with Crippen LogP contribution in [0.25, 0.3) is 32.3 Å². The Labute approximate surface area is 208 Å². The molecule has 166 valence electrons. The molecule has 6 rings (SSSR count). The molecule has 0 saturated carbocycles. The molecule has 6 aromatic carbocycles. The highest BCUT2D eigenvalue weighted by molar-refractivity contribution is 6.24. The third-order valence-electron chi connectivity index (χ3n) is 6.44. The average molecular weight is 459 g/mol. The van der Waals surface area contributed by atoms with E-state index >= 15 is 0 Å². The minimum Gasteiger partial charge on any atom is -0.298 e. The van der Waals surface area contributed by atoms with Crippen molar-refractivity contribution in [1.29, 1.82) is 0 Å². The smallest absolute Gasteiger partial charge is 0.150 e. The molecule has 0 saturated heterocycles. The van der Waals surface area contributed by atoms with Crippen LogP contribution in [0.1, 0.15) is 43.0 Å². The first-order chi connectivity index (χ1) is 17.7. The van der Waals surface area contributed by atoms with E-state index in [0.29, 0.717) is 11.1 Å². The standard InChI is InChI=1S/C34H18O2/c35-21-25-5-1-23(2-6-25)9-11-27-13-15-29-17-18-30-16-14-28(32-20-19-31(27)33(29)34(30)32)12-10-24-3-7-26(22-36)8-4-24/h1-8,13-22H. The van der Waals surface area contributed by atoms with Crippen LogP contribution in [-0.2, 0) is 0 Å². The fraction of sp³-hybridized carbons (Fsp3) is 0. The van der Waals surface area contributed by atoms with Crippen molar-refractivity contribution in [2.24, 2.45) is 0 Å². The fourth-order valence-corrected chi connectivity index (χ4v) is 4.59. The van der Waals surface area contributed by atoms with E-state index in [4.69, 9.17) is 0 Å². The lowest BCUT2D eigenvalue weighted by Gasteiger charge is -2.13. The maximum Gasteiger partial charge on any atom is 0.150 e. The molecule has 36 heavy (non-hydrogen) atoms. The molecule has 0 aliphatic carbocycles. The van der Waals surface area contributed by atoms with Gasteiger partial charge in [0.05, 0.1) is 0 Å². The number of hydrogen-bond acceptors (Lipinski definition) is 2. The predicted molar refractivity (Wildman–Crippen MR) is 146 cm³/mol. The molecule has 0 aliphatic heterocycles. The zero-order valence-corrected chi connectivity index (χ0v) is 19.2. The van der Waals surface area contributed by atoms with E-state index in [2.05, 4.69) is 72.2 Å². The summed E-state index contributed by atoms with van der Waals surface area (Å²) in [5, 5.41) is 6.92. The number of hydrogen-bond donors (Lipinski definition) is 0. The van der Waals surface area contributed by atoms with Gasteiger partial charge >= 0.3 is 0 Å². The van der Waals surface area contributed by atoms with Crippen LogP contribution in [0.2, 0.25) is 0 Å². The van der Waals surface area contributed by atoms with Crippen LogP contribution in [0, 0.1) is 23.7 Å². The number of aldehydes is 2. The van der Waals surface area contributed by atoms with Crippen molar-refractivity contribution in [3.8, 4) is 23.7 Å². The SMILES string of the molecule is O=Cc1ccc(C#Cc2ccc3ccc4ccc(C#Cc5ccc(C=O)cc5)c5ccc2c3c45)cc1. The molecule has 0 fully saturated rings. The molecule has 0 amide bonds. The van der Waals surface area contributed by atoms with Gasteiger partial charge in [0.1, 0.15) is 12.6 Å². The van der Waals surface area contributed by atoms with Gasteiger partial charge in [-0.3, -0.25) is 9.59 Å². The van der Waals surface area contributed by atoms with E-state index in [1.54, 1.807) is 24.3 Å². The second kappa shape index (κ2) is 8.88. The van der Waals surface area contributed by atoms with Gasteiger partial charge in [-0.2, -0.15) is 0 Å². The Hall–Kier alpha value is -5.18. The minimum atomic E-state index is 0.639. The Morgan fingerprint density at radius 1 is 0.417 bits per heavy atom. The van der Waals surface area contributed by atoms with Crippen molar-refractivity contribution >= 4 is 44.9 Å². The summed E-state index contributed by atoms with van der Waals surface area (Å²) in [5.41, 5.74) is 4.93. The third-order valence-corrected chi connectivity index (χ3v) is 6.44. The number of carbonyl (C=O) groups is 2. The first-order valence-corrected chi connectivity index (χ1v) is 11.6. The van der Waals surface area contributed by atoms with Crippen LogP contribution in [-0.4, -0.2) is 12.6 Å². The maximum atomic E-state index is 10.9. The van der Waals surface area contributed by atoms with Gasteiger partial charge in [0, 0.05) is 33.4 Å². The van der Waals surface area contributed by atoms with Crippen LogP contribution in [0.15, 0.2) is 97.1 Å². The molecule has 0 N–H and O–H groups in total. The van der Waals surface area contributed by atoms with E-state index in [-0.39, 0.29) is 0 Å². The van der Waals surface area contributed by atoms with Crippen LogP contribution < -0.4 is 0 Å². The maximum absolute atomic E-state index is 10.9. The molecule has 6 aromatic rings. The zero-order chi connectivity index (χ0) is 24.5. The monoisotopic (exact) mass is 458 g/mol. The lowest BCUT2D eigenvalue weighted by atomic mass is 9.90. The van der Waals surface area contributed by atoms with Gasteiger partial charge in [0.2, 0.25) is 0 Å². The van der Waals surface area contributed by atoms with Crippen molar-refractivity contribution in [2.75, 3.05) is 0 Å². The third kappa shape index (κ3) is 3.78. The molecule has 0 unspecified atom stereocenters. The van der Waals surface area contributed by atoms with Gasteiger partial charge in [-0.1, -0.05) is 84.3 Å². The molecule has 0 spiro atoms. The zero-order valence-electron chi connectivity index (χ0n) is 19.2. The van der Waals surface area contributed by atoms with Crippen molar-refractivity contribution in [3.05, 3.63) is 130 Å². The molecule has 0 bridgehead atoms. The summed E-state index contributed by atoms with van der Waals surface area (Å²) in [4.78, 5) is 21.8. The Balaban J connectivity index is 1.49. The van der Waals surface area contributed by atoms with Crippen LogP contribution in [0.4, 0.5) is 0 Å². The van der Waals surface area contributed by atoms with E-state index in [1.807, 2.05) is 24.3 Å². The van der Waals surface area contributed by atoms with E-state index in [1.165, 1.54) is 21.5 Å². The second-order valence-corrected chi connectivity index (χ2v) is 8.63. The summed E-state index contributed by atoms with van der Waals surface area (Å²) in [6.45, 7) is 0. The fourth-order valence-electron chi connectivity index (χ4n) is 4.59. The molecule has 0 aromatic heterocycles. The largest absolute Gasteiger partial charge is 0.298 e. The van der Waals surface area contributed by atoms with Crippen molar-refractivity contribution in [3.63, 3.8) is 0 Å². The van der Waals surface area contributed by atoms with Crippen LogP contribution in [0.3, 0.4) is 0 Å². The highest BCUT2D eigenvalue weighted by Crippen LogP contribution is 2.37. The van der Waals surface area contributed by atoms with Crippen LogP contribution >= 0.6 is 0 Å². The first kappa shape index (κ1) is 21.4. The van der Waals surface area contributed by atoms with Gasteiger partial charge < -0.3 is 0 Å². The van der Waals surface area contributed by atoms with E-state index in [9.17, 15) is 9.59 Å². The lowest BCUT2D eigenvalue weighted by molar-refractivity contribution is 0.111. The number of carbonyl (C=O) groups excluding carboxylic acids is 2. The van der Waals surface area contributed by atoms with Gasteiger partial charge in [-0.15, -0.1) is 0 Å². The summed E-state index contributed by atoms with van der Waals surface area (Å²) < 4.78 is 0. The molecular weight excluding hydrogens is 440 g/mol. The van der Waals surface area contributed by atoms with Crippen molar-refractivity contribution < 1.29 is 9.59 Å².